The van der Waals surface area contributed by atoms with Gasteiger partial charge in [-0.2, -0.15) is 0 Å². The molecule has 0 saturated heterocycles. The molecule has 2 aromatic rings. The number of benzene rings is 2. The van der Waals surface area contributed by atoms with E-state index >= 15 is 0 Å². The molecule has 0 aliphatic rings. The lowest BCUT2D eigenvalue weighted by Crippen LogP contribution is -2.10. The minimum absolute atomic E-state index is 0.100. The van der Waals surface area contributed by atoms with E-state index in [2.05, 4.69) is 10.2 Å². The van der Waals surface area contributed by atoms with E-state index in [0.29, 0.717) is 12.1 Å². The lowest BCUT2D eigenvalue weighted by atomic mass is 10.1. The van der Waals surface area contributed by atoms with E-state index in [1.54, 1.807) is 0 Å². The predicted molar refractivity (Wildman–Crippen MR) is 79.2 cm³/mol. The Hall–Kier alpha value is -2.07. The van der Waals surface area contributed by atoms with E-state index in [1.165, 1.54) is 23.8 Å². The highest BCUT2D eigenvalue weighted by Gasteiger charge is 2.03. The Bertz CT molecular complexity index is 567. The van der Waals surface area contributed by atoms with Gasteiger partial charge in [-0.05, 0) is 50.0 Å². The van der Waals surface area contributed by atoms with Crippen molar-refractivity contribution in [1.29, 1.82) is 0 Å². The maximum atomic E-state index is 13.1. The van der Waals surface area contributed by atoms with Crippen LogP contribution in [-0.2, 0) is 13.1 Å². The van der Waals surface area contributed by atoms with Crippen LogP contribution in [0.1, 0.15) is 11.1 Å². The molecule has 20 heavy (non-hydrogen) atoms. The van der Waals surface area contributed by atoms with Gasteiger partial charge in [0.2, 0.25) is 0 Å². The van der Waals surface area contributed by atoms with Crippen LogP contribution in [0.4, 0.5) is 10.1 Å². The predicted octanol–water partition coefficient (Wildman–Crippen LogP) is 3.21. The van der Waals surface area contributed by atoms with Crippen LogP contribution in [0.5, 0.6) is 5.75 Å². The van der Waals surface area contributed by atoms with Crippen LogP contribution in [0.2, 0.25) is 0 Å². The second-order valence-corrected chi connectivity index (χ2v) is 5.06. The summed E-state index contributed by atoms with van der Waals surface area (Å²) in [6.07, 6.45) is 0. The molecule has 0 atom stereocenters. The van der Waals surface area contributed by atoms with E-state index in [1.807, 2.05) is 38.4 Å². The number of phenolic OH excluding ortho intramolecular Hbond substituents is 1. The van der Waals surface area contributed by atoms with Gasteiger partial charge in [0.1, 0.15) is 11.6 Å². The van der Waals surface area contributed by atoms with E-state index in [4.69, 9.17) is 0 Å². The zero-order valence-electron chi connectivity index (χ0n) is 11.7. The fraction of sp³-hybridized carbons (Fsp3) is 0.250. The number of halogens is 1. The monoisotopic (exact) mass is 274 g/mol. The summed E-state index contributed by atoms with van der Waals surface area (Å²) in [6, 6.07) is 12.0. The Morgan fingerprint density at radius 3 is 2.45 bits per heavy atom. The fourth-order valence-corrected chi connectivity index (χ4v) is 1.99. The Labute approximate surface area is 118 Å². The molecule has 0 fully saturated rings. The summed E-state index contributed by atoms with van der Waals surface area (Å²) in [5, 5.41) is 12.8. The molecule has 0 heterocycles. The third-order valence-corrected chi connectivity index (χ3v) is 2.98. The summed E-state index contributed by atoms with van der Waals surface area (Å²) in [6.45, 7) is 1.28. The first-order valence-corrected chi connectivity index (χ1v) is 6.49. The molecule has 0 spiro atoms. The zero-order chi connectivity index (χ0) is 14.5. The summed E-state index contributed by atoms with van der Waals surface area (Å²) in [4.78, 5) is 2.10. The SMILES string of the molecule is CN(C)Cc1ccc(NCc2cc(F)ccc2O)cc1. The number of nitrogens with zero attached hydrogens (tertiary/aromatic N) is 1. The van der Waals surface area contributed by atoms with Crippen LogP contribution in [-0.4, -0.2) is 24.1 Å². The summed E-state index contributed by atoms with van der Waals surface area (Å²) >= 11 is 0. The van der Waals surface area contributed by atoms with Crippen molar-refractivity contribution in [2.45, 2.75) is 13.1 Å². The van der Waals surface area contributed by atoms with Gasteiger partial charge in [0.05, 0.1) is 0 Å². The van der Waals surface area contributed by atoms with Gasteiger partial charge >= 0.3 is 0 Å². The maximum absolute atomic E-state index is 13.1. The summed E-state index contributed by atoms with van der Waals surface area (Å²) in [7, 11) is 4.05. The Morgan fingerprint density at radius 1 is 1.10 bits per heavy atom. The Balaban J connectivity index is 1.98. The van der Waals surface area contributed by atoms with Crippen molar-refractivity contribution in [2.24, 2.45) is 0 Å². The standard InChI is InChI=1S/C16H19FN2O/c1-19(2)11-12-3-6-15(7-4-12)18-10-13-9-14(17)5-8-16(13)20/h3-9,18,20H,10-11H2,1-2H3. The first-order chi connectivity index (χ1) is 9.54. The Morgan fingerprint density at radius 2 is 1.80 bits per heavy atom. The lowest BCUT2D eigenvalue weighted by molar-refractivity contribution is 0.402. The smallest absolute Gasteiger partial charge is 0.123 e. The molecule has 3 nitrogen and oxygen atoms in total. The normalized spacial score (nSPS) is 10.8. The lowest BCUT2D eigenvalue weighted by Gasteiger charge is -2.11. The topological polar surface area (TPSA) is 35.5 Å². The maximum Gasteiger partial charge on any atom is 0.123 e. The summed E-state index contributed by atoms with van der Waals surface area (Å²) < 4.78 is 13.1. The van der Waals surface area contributed by atoms with Gasteiger partial charge in [-0.1, -0.05) is 12.1 Å². The average molecular weight is 274 g/mol. The number of phenols is 1. The van der Waals surface area contributed by atoms with Gasteiger partial charge in [-0.25, -0.2) is 4.39 Å². The van der Waals surface area contributed by atoms with Crippen LogP contribution in [0, 0.1) is 5.82 Å². The molecule has 0 amide bonds. The van der Waals surface area contributed by atoms with Gasteiger partial charge in [0.15, 0.2) is 0 Å². The molecule has 0 unspecified atom stereocenters. The largest absolute Gasteiger partial charge is 0.508 e. The number of nitrogens with one attached hydrogen (secondary N) is 1. The van der Waals surface area contributed by atoms with Crippen LogP contribution in [0.25, 0.3) is 0 Å². The molecule has 0 aliphatic carbocycles. The second kappa shape index (κ2) is 6.39. The molecule has 2 N–H and O–H groups in total. The molecular formula is C16H19FN2O. The highest BCUT2D eigenvalue weighted by Crippen LogP contribution is 2.19. The molecule has 0 bridgehead atoms. The molecule has 0 saturated carbocycles. The number of rotatable bonds is 5. The van der Waals surface area contributed by atoms with E-state index in [9.17, 15) is 9.50 Å². The number of hydrogen-bond donors (Lipinski definition) is 2. The quantitative estimate of drug-likeness (QED) is 0.879. The summed E-state index contributed by atoms with van der Waals surface area (Å²) in [5.74, 6) is -0.246. The highest BCUT2D eigenvalue weighted by atomic mass is 19.1. The van der Waals surface area contributed by atoms with Gasteiger partial charge in [-0.15, -0.1) is 0 Å². The van der Waals surface area contributed by atoms with E-state index in [0.717, 1.165) is 12.2 Å². The van der Waals surface area contributed by atoms with Crippen molar-refractivity contribution in [3.05, 3.63) is 59.4 Å². The van der Waals surface area contributed by atoms with Crippen molar-refractivity contribution in [1.82, 2.24) is 4.90 Å². The molecule has 0 aromatic heterocycles. The Kier molecular flexibility index (Phi) is 4.58. The first kappa shape index (κ1) is 14.3. The first-order valence-electron chi connectivity index (χ1n) is 6.49. The van der Waals surface area contributed by atoms with E-state index in [-0.39, 0.29) is 11.6 Å². The number of anilines is 1. The van der Waals surface area contributed by atoms with Crippen LogP contribution in [0.15, 0.2) is 42.5 Å². The van der Waals surface area contributed by atoms with Crippen molar-refractivity contribution < 1.29 is 9.50 Å². The van der Waals surface area contributed by atoms with Crippen molar-refractivity contribution >= 4 is 5.69 Å². The molecule has 0 aliphatic heterocycles. The van der Waals surface area contributed by atoms with Crippen molar-refractivity contribution in [3.63, 3.8) is 0 Å². The van der Waals surface area contributed by atoms with Gasteiger partial charge in [0.25, 0.3) is 0 Å². The van der Waals surface area contributed by atoms with Crippen molar-refractivity contribution in [2.75, 3.05) is 19.4 Å². The van der Waals surface area contributed by atoms with Gasteiger partial charge < -0.3 is 15.3 Å². The molecule has 2 rings (SSSR count). The molecule has 2 aromatic carbocycles. The van der Waals surface area contributed by atoms with E-state index < -0.39 is 0 Å². The average Bonchev–Trinajstić information content (AvgIpc) is 2.41. The zero-order valence-corrected chi connectivity index (χ0v) is 11.7. The molecular weight excluding hydrogens is 255 g/mol. The minimum Gasteiger partial charge on any atom is -0.508 e. The third kappa shape index (κ3) is 3.96. The van der Waals surface area contributed by atoms with Crippen molar-refractivity contribution in [3.8, 4) is 5.75 Å². The minimum atomic E-state index is -0.346. The van der Waals surface area contributed by atoms with Crippen LogP contribution < -0.4 is 5.32 Å². The molecule has 4 heteroatoms. The number of aromatic hydroxyl groups is 1. The van der Waals surface area contributed by atoms with Gasteiger partial charge in [-0.3, -0.25) is 0 Å². The molecule has 106 valence electrons. The summed E-state index contributed by atoms with van der Waals surface area (Å²) in [5.41, 5.74) is 2.72. The fourth-order valence-electron chi connectivity index (χ4n) is 1.99. The molecule has 0 radical (unpaired) electrons. The number of hydrogen-bond acceptors (Lipinski definition) is 3. The van der Waals surface area contributed by atoms with Crippen LogP contribution >= 0.6 is 0 Å². The highest BCUT2D eigenvalue weighted by molar-refractivity contribution is 5.46. The second-order valence-electron chi connectivity index (χ2n) is 5.06. The van der Waals surface area contributed by atoms with Crippen LogP contribution in [0.3, 0.4) is 0 Å². The third-order valence-electron chi connectivity index (χ3n) is 2.98. The van der Waals surface area contributed by atoms with Gasteiger partial charge in [0, 0.05) is 24.3 Å².